The van der Waals surface area contributed by atoms with Gasteiger partial charge in [-0.2, -0.15) is 0 Å². The molecule has 0 unspecified atom stereocenters. The molecule has 0 aliphatic heterocycles. The summed E-state index contributed by atoms with van der Waals surface area (Å²) in [5.41, 5.74) is 1.09. The minimum absolute atomic E-state index is 0.193. The van der Waals surface area contributed by atoms with Gasteiger partial charge in [0.25, 0.3) is 0 Å². The van der Waals surface area contributed by atoms with Crippen LogP contribution in [0.1, 0.15) is 26.3 Å². The van der Waals surface area contributed by atoms with Gasteiger partial charge in [-0.25, -0.2) is 0 Å². The van der Waals surface area contributed by atoms with Crippen LogP contribution in [0.5, 0.6) is 11.5 Å². The molecular formula is C17H18Cl2OS. The van der Waals surface area contributed by atoms with Gasteiger partial charge in [0.15, 0.2) is 0 Å². The predicted molar refractivity (Wildman–Crippen MR) is 93.3 cm³/mol. The number of ether oxygens (including phenoxy) is 1. The number of rotatable bonds is 3. The molecule has 0 radical (unpaired) electrons. The lowest BCUT2D eigenvalue weighted by atomic mass is 10.2. The Morgan fingerprint density at radius 2 is 1.67 bits per heavy atom. The monoisotopic (exact) mass is 340 g/mol. The fourth-order valence-electron chi connectivity index (χ4n) is 1.82. The van der Waals surface area contributed by atoms with Crippen molar-refractivity contribution in [2.24, 2.45) is 0 Å². The van der Waals surface area contributed by atoms with Crippen molar-refractivity contribution in [3.05, 3.63) is 52.0 Å². The van der Waals surface area contributed by atoms with Crippen LogP contribution >= 0.6 is 35.0 Å². The minimum Gasteiger partial charge on any atom is -0.457 e. The summed E-state index contributed by atoms with van der Waals surface area (Å²) in [7, 11) is 0. The number of hydrogen-bond donors (Lipinski definition) is 0. The Hall–Kier alpha value is -0.830. The highest BCUT2D eigenvalue weighted by Crippen LogP contribution is 2.36. The maximum Gasteiger partial charge on any atom is 0.130 e. The number of hydrogen-bond acceptors (Lipinski definition) is 2. The first-order valence-electron chi connectivity index (χ1n) is 6.67. The number of halogens is 2. The van der Waals surface area contributed by atoms with Gasteiger partial charge < -0.3 is 4.74 Å². The second-order valence-electron chi connectivity index (χ2n) is 5.82. The molecule has 112 valence electrons. The largest absolute Gasteiger partial charge is 0.457 e. The summed E-state index contributed by atoms with van der Waals surface area (Å²) in [5, 5.41) is 1.02. The fraction of sp³-hybridized carbons (Fsp3) is 0.294. The van der Waals surface area contributed by atoms with Crippen LogP contribution in [0.25, 0.3) is 0 Å². The van der Waals surface area contributed by atoms with Crippen molar-refractivity contribution < 1.29 is 4.74 Å². The molecule has 0 spiro atoms. The van der Waals surface area contributed by atoms with E-state index in [1.54, 1.807) is 12.1 Å². The molecule has 0 bridgehead atoms. The fourth-order valence-corrected chi connectivity index (χ4v) is 3.19. The summed E-state index contributed by atoms with van der Waals surface area (Å²) in [6.07, 6.45) is 0. The average Bonchev–Trinajstić information content (AvgIpc) is 2.35. The highest BCUT2D eigenvalue weighted by Gasteiger charge is 2.13. The molecule has 0 saturated carbocycles. The Morgan fingerprint density at radius 3 is 2.24 bits per heavy atom. The Bertz CT molecular complexity index is 648. The predicted octanol–water partition coefficient (Wildman–Crippen LogP) is 6.98. The Morgan fingerprint density at radius 1 is 0.952 bits per heavy atom. The number of thioether (sulfide) groups is 1. The Labute approximate surface area is 140 Å². The third-order valence-corrected chi connectivity index (χ3v) is 4.53. The van der Waals surface area contributed by atoms with Crippen molar-refractivity contribution in [3.63, 3.8) is 0 Å². The van der Waals surface area contributed by atoms with Crippen LogP contribution in [0, 0.1) is 6.92 Å². The molecule has 21 heavy (non-hydrogen) atoms. The molecule has 2 aromatic rings. The molecule has 0 amide bonds. The first kappa shape index (κ1) is 16.5. The minimum atomic E-state index is 0.193. The van der Waals surface area contributed by atoms with E-state index >= 15 is 0 Å². The van der Waals surface area contributed by atoms with E-state index in [0.29, 0.717) is 15.8 Å². The van der Waals surface area contributed by atoms with Gasteiger partial charge in [0.2, 0.25) is 0 Å². The van der Waals surface area contributed by atoms with E-state index in [2.05, 4.69) is 32.9 Å². The maximum atomic E-state index is 6.00. The first-order chi connectivity index (χ1) is 9.74. The normalized spacial score (nSPS) is 11.5. The quantitative estimate of drug-likeness (QED) is 0.557. The summed E-state index contributed by atoms with van der Waals surface area (Å²) < 4.78 is 6.07. The van der Waals surface area contributed by atoms with Gasteiger partial charge in [0.1, 0.15) is 11.5 Å². The van der Waals surface area contributed by atoms with E-state index in [1.165, 1.54) is 4.90 Å². The highest BCUT2D eigenvalue weighted by molar-refractivity contribution is 8.00. The number of aryl methyl sites for hydroxylation is 1. The zero-order chi connectivity index (χ0) is 15.6. The molecule has 0 saturated heterocycles. The summed E-state index contributed by atoms with van der Waals surface area (Å²) in [5.74, 6) is 1.51. The van der Waals surface area contributed by atoms with E-state index in [0.717, 1.165) is 11.3 Å². The molecule has 0 aliphatic rings. The maximum absolute atomic E-state index is 6.00. The van der Waals surface area contributed by atoms with Crippen LogP contribution in [0.4, 0.5) is 0 Å². The van der Waals surface area contributed by atoms with Crippen molar-refractivity contribution in [2.45, 2.75) is 37.3 Å². The third kappa shape index (κ3) is 4.84. The van der Waals surface area contributed by atoms with Crippen LogP contribution in [0.15, 0.2) is 41.3 Å². The average molecular weight is 341 g/mol. The lowest BCUT2D eigenvalue weighted by Gasteiger charge is -2.18. The van der Waals surface area contributed by atoms with Gasteiger partial charge in [-0.15, -0.1) is 11.8 Å². The van der Waals surface area contributed by atoms with Gasteiger partial charge in [-0.1, -0.05) is 44.0 Å². The molecule has 0 aromatic heterocycles. The topological polar surface area (TPSA) is 9.23 Å². The standard InChI is InChI=1S/C17H18Cl2OS/c1-11-9-13(21-17(2,3)4)6-8-16(11)20-12-5-7-14(18)15(19)10-12/h5-10H,1-4H3. The van der Waals surface area contributed by atoms with Crippen molar-refractivity contribution in [2.75, 3.05) is 0 Å². The van der Waals surface area contributed by atoms with Gasteiger partial charge >= 0.3 is 0 Å². The molecule has 0 aliphatic carbocycles. The second-order valence-corrected chi connectivity index (χ2v) is 8.53. The van der Waals surface area contributed by atoms with Crippen LogP contribution in [0.3, 0.4) is 0 Å². The summed E-state index contributed by atoms with van der Waals surface area (Å²) in [4.78, 5) is 1.24. The van der Waals surface area contributed by atoms with E-state index < -0.39 is 0 Å². The smallest absolute Gasteiger partial charge is 0.130 e. The first-order valence-corrected chi connectivity index (χ1v) is 8.24. The SMILES string of the molecule is Cc1cc(SC(C)(C)C)ccc1Oc1ccc(Cl)c(Cl)c1. The molecule has 2 aromatic carbocycles. The van der Waals surface area contributed by atoms with Gasteiger partial charge in [0, 0.05) is 15.7 Å². The van der Waals surface area contributed by atoms with E-state index in [1.807, 2.05) is 30.8 Å². The van der Waals surface area contributed by atoms with Crippen molar-refractivity contribution in [1.82, 2.24) is 0 Å². The Balaban J connectivity index is 2.19. The zero-order valence-electron chi connectivity index (χ0n) is 12.5. The van der Waals surface area contributed by atoms with Crippen molar-refractivity contribution in [3.8, 4) is 11.5 Å². The molecule has 0 fully saturated rings. The molecular weight excluding hydrogens is 323 g/mol. The summed E-state index contributed by atoms with van der Waals surface area (Å²) in [6.45, 7) is 8.65. The second kappa shape index (κ2) is 6.51. The van der Waals surface area contributed by atoms with Crippen LogP contribution < -0.4 is 4.74 Å². The molecule has 0 atom stereocenters. The molecule has 0 N–H and O–H groups in total. The lowest BCUT2D eigenvalue weighted by Crippen LogP contribution is -2.06. The van der Waals surface area contributed by atoms with Gasteiger partial charge in [-0.05, 0) is 42.8 Å². The van der Waals surface area contributed by atoms with E-state index in [4.69, 9.17) is 27.9 Å². The number of benzene rings is 2. The third-order valence-electron chi connectivity index (χ3n) is 2.69. The van der Waals surface area contributed by atoms with Crippen molar-refractivity contribution >= 4 is 35.0 Å². The molecule has 2 rings (SSSR count). The lowest BCUT2D eigenvalue weighted by molar-refractivity contribution is 0.478. The Kier molecular flexibility index (Phi) is 5.13. The summed E-state index contributed by atoms with van der Waals surface area (Å²) >= 11 is 13.7. The van der Waals surface area contributed by atoms with E-state index in [-0.39, 0.29) is 4.75 Å². The van der Waals surface area contributed by atoms with E-state index in [9.17, 15) is 0 Å². The van der Waals surface area contributed by atoms with Crippen LogP contribution in [0.2, 0.25) is 10.0 Å². The molecule has 1 nitrogen and oxygen atoms in total. The molecule has 0 heterocycles. The van der Waals surface area contributed by atoms with Crippen LogP contribution in [-0.2, 0) is 0 Å². The summed E-state index contributed by atoms with van der Waals surface area (Å²) in [6, 6.07) is 11.5. The van der Waals surface area contributed by atoms with Gasteiger partial charge in [0.05, 0.1) is 10.0 Å². The highest BCUT2D eigenvalue weighted by atomic mass is 35.5. The van der Waals surface area contributed by atoms with Crippen LogP contribution in [-0.4, -0.2) is 4.75 Å². The van der Waals surface area contributed by atoms with Crippen molar-refractivity contribution in [1.29, 1.82) is 0 Å². The molecule has 4 heteroatoms. The van der Waals surface area contributed by atoms with Gasteiger partial charge in [-0.3, -0.25) is 0 Å². The zero-order valence-corrected chi connectivity index (χ0v) is 14.9.